The number of aromatic nitrogens is 2. The monoisotopic (exact) mass is 325 g/mol. The van der Waals surface area contributed by atoms with Crippen LogP contribution in [-0.4, -0.2) is 16.7 Å². The van der Waals surface area contributed by atoms with E-state index in [4.69, 9.17) is 4.74 Å². The van der Waals surface area contributed by atoms with Crippen LogP contribution >= 0.6 is 0 Å². The molecule has 1 heterocycles. The highest BCUT2D eigenvalue weighted by molar-refractivity contribution is 5.39. The number of ether oxygens (including phenoxy) is 1. The lowest BCUT2D eigenvalue weighted by atomic mass is 10.2. The molecule has 0 atom stereocenters. The molecule has 0 bridgehead atoms. The van der Waals surface area contributed by atoms with E-state index >= 15 is 0 Å². The third-order valence-electron chi connectivity index (χ3n) is 3.56. The number of nitrogens with zero attached hydrogens (tertiary/aromatic N) is 2. The Morgan fingerprint density at radius 2 is 1.83 bits per heavy atom. The number of nitrogens with one attached hydrogen (secondary N) is 1. The van der Waals surface area contributed by atoms with Crippen LogP contribution in [-0.2, 0) is 6.54 Å². The van der Waals surface area contributed by atoms with E-state index in [1.54, 1.807) is 25.4 Å². The molecule has 0 aliphatic heterocycles. The summed E-state index contributed by atoms with van der Waals surface area (Å²) in [7, 11) is 1.61. The van der Waals surface area contributed by atoms with Gasteiger partial charge >= 0.3 is 0 Å². The van der Waals surface area contributed by atoms with Crippen LogP contribution in [0.4, 0.5) is 10.2 Å². The summed E-state index contributed by atoms with van der Waals surface area (Å²) < 4.78 is 19.6. The number of hydrogen-bond donors (Lipinski definition) is 1. The van der Waals surface area contributed by atoms with E-state index in [1.807, 2.05) is 24.3 Å². The minimum absolute atomic E-state index is 0.234. The number of hydrogen-bond acceptors (Lipinski definition) is 4. The van der Waals surface area contributed by atoms with Crippen LogP contribution in [0.5, 0.6) is 5.75 Å². The summed E-state index contributed by atoms with van der Waals surface area (Å²) in [5.74, 6) is 0.659. The zero-order valence-corrected chi connectivity index (χ0v) is 13.1. The molecule has 0 saturated heterocycles. The predicted octanol–water partition coefficient (Wildman–Crippen LogP) is 2.99. The zero-order valence-electron chi connectivity index (χ0n) is 13.1. The van der Waals surface area contributed by atoms with Crippen molar-refractivity contribution in [3.63, 3.8) is 0 Å². The first-order valence-electron chi connectivity index (χ1n) is 7.38. The molecule has 0 radical (unpaired) electrons. The largest absolute Gasteiger partial charge is 0.497 e. The number of anilines is 1. The summed E-state index contributed by atoms with van der Waals surface area (Å²) in [6.45, 7) is 0.458. The number of rotatable bonds is 5. The fourth-order valence-corrected chi connectivity index (χ4v) is 2.27. The molecule has 122 valence electrons. The first kappa shape index (κ1) is 15.7. The lowest BCUT2D eigenvalue weighted by Crippen LogP contribution is -2.23. The molecule has 1 aromatic heterocycles. The van der Waals surface area contributed by atoms with Crippen molar-refractivity contribution in [1.82, 2.24) is 9.55 Å². The highest BCUT2D eigenvalue weighted by Gasteiger charge is 2.06. The third-order valence-corrected chi connectivity index (χ3v) is 3.56. The molecule has 0 saturated carbocycles. The van der Waals surface area contributed by atoms with Crippen LogP contribution in [0, 0.1) is 5.82 Å². The second-order valence-corrected chi connectivity index (χ2v) is 5.13. The van der Waals surface area contributed by atoms with Crippen molar-refractivity contribution in [3.05, 3.63) is 82.7 Å². The van der Waals surface area contributed by atoms with Gasteiger partial charge in [0.25, 0.3) is 5.56 Å². The second-order valence-electron chi connectivity index (χ2n) is 5.13. The van der Waals surface area contributed by atoms with Gasteiger partial charge in [0, 0.05) is 24.6 Å². The van der Waals surface area contributed by atoms with Crippen molar-refractivity contribution in [1.29, 1.82) is 0 Å². The fraction of sp³-hybridized carbons (Fsp3) is 0.111. The van der Waals surface area contributed by atoms with Crippen molar-refractivity contribution in [2.45, 2.75) is 6.54 Å². The molecular formula is C18H16FN3O2. The fourth-order valence-electron chi connectivity index (χ4n) is 2.27. The first-order chi connectivity index (χ1) is 11.7. The van der Waals surface area contributed by atoms with E-state index < -0.39 is 0 Å². The van der Waals surface area contributed by atoms with Crippen LogP contribution in [0.2, 0.25) is 0 Å². The van der Waals surface area contributed by atoms with Gasteiger partial charge in [0.1, 0.15) is 11.6 Å². The van der Waals surface area contributed by atoms with Gasteiger partial charge in [0.05, 0.1) is 7.11 Å². The number of halogens is 1. The first-order valence-corrected chi connectivity index (χ1v) is 7.38. The lowest BCUT2D eigenvalue weighted by molar-refractivity contribution is 0.414. The van der Waals surface area contributed by atoms with Crippen LogP contribution < -0.4 is 15.6 Å². The van der Waals surface area contributed by atoms with E-state index in [0.29, 0.717) is 12.2 Å². The Hall–Kier alpha value is -3.15. The summed E-state index contributed by atoms with van der Waals surface area (Å²) >= 11 is 0. The molecule has 0 amide bonds. The molecule has 0 aliphatic carbocycles. The lowest BCUT2D eigenvalue weighted by Gasteiger charge is -2.09. The maximum atomic E-state index is 13.0. The Bertz CT molecular complexity index is 874. The SMILES string of the molecule is COc1ccc(CNc2nccn(-c3ccc(F)cc3)c2=O)cc1. The average molecular weight is 325 g/mol. The quantitative estimate of drug-likeness (QED) is 0.783. The van der Waals surface area contributed by atoms with Crippen molar-refractivity contribution < 1.29 is 9.13 Å². The molecule has 5 nitrogen and oxygen atoms in total. The normalized spacial score (nSPS) is 10.4. The Balaban J connectivity index is 1.80. The van der Waals surface area contributed by atoms with Gasteiger partial charge in [-0.05, 0) is 42.0 Å². The van der Waals surface area contributed by atoms with Crippen LogP contribution in [0.15, 0.2) is 65.7 Å². The van der Waals surface area contributed by atoms with Gasteiger partial charge in [-0.1, -0.05) is 12.1 Å². The molecule has 6 heteroatoms. The zero-order chi connectivity index (χ0) is 16.9. The molecule has 24 heavy (non-hydrogen) atoms. The van der Waals surface area contributed by atoms with Gasteiger partial charge in [-0.15, -0.1) is 0 Å². The molecular weight excluding hydrogens is 309 g/mol. The van der Waals surface area contributed by atoms with Gasteiger partial charge in [-0.2, -0.15) is 0 Å². The Labute approximate surface area is 138 Å². The molecule has 0 spiro atoms. The standard InChI is InChI=1S/C18H16FN3O2/c1-24-16-8-2-13(3-9-16)12-21-17-18(23)22(11-10-20-17)15-6-4-14(19)5-7-15/h2-11H,12H2,1H3,(H,20,21). The van der Waals surface area contributed by atoms with E-state index in [-0.39, 0.29) is 17.2 Å². The van der Waals surface area contributed by atoms with Gasteiger partial charge in [0.15, 0.2) is 5.82 Å². The van der Waals surface area contributed by atoms with Gasteiger partial charge in [-0.3, -0.25) is 9.36 Å². The topological polar surface area (TPSA) is 56.1 Å². The summed E-state index contributed by atoms with van der Waals surface area (Å²) in [5, 5.41) is 3.03. The van der Waals surface area contributed by atoms with Crippen molar-refractivity contribution >= 4 is 5.82 Å². The summed E-state index contributed by atoms with van der Waals surface area (Å²) in [6.07, 6.45) is 3.08. The number of benzene rings is 2. The molecule has 1 N–H and O–H groups in total. The maximum Gasteiger partial charge on any atom is 0.297 e. The molecule has 3 rings (SSSR count). The molecule has 2 aromatic carbocycles. The molecule has 0 aliphatic rings. The van der Waals surface area contributed by atoms with Crippen molar-refractivity contribution in [2.75, 3.05) is 12.4 Å². The Morgan fingerprint density at radius 1 is 1.12 bits per heavy atom. The molecule has 3 aromatic rings. The van der Waals surface area contributed by atoms with Gasteiger partial charge < -0.3 is 10.1 Å². The van der Waals surface area contributed by atoms with Crippen LogP contribution in [0.1, 0.15) is 5.56 Å². The molecule has 0 unspecified atom stereocenters. The van der Waals surface area contributed by atoms with Gasteiger partial charge in [0.2, 0.25) is 0 Å². The summed E-state index contributed by atoms with van der Waals surface area (Å²) in [4.78, 5) is 16.6. The minimum Gasteiger partial charge on any atom is -0.497 e. The Morgan fingerprint density at radius 3 is 2.50 bits per heavy atom. The third kappa shape index (κ3) is 3.43. The van der Waals surface area contributed by atoms with Crippen LogP contribution in [0.3, 0.4) is 0 Å². The van der Waals surface area contributed by atoms with Crippen molar-refractivity contribution in [2.24, 2.45) is 0 Å². The van der Waals surface area contributed by atoms with E-state index in [0.717, 1.165) is 11.3 Å². The average Bonchev–Trinajstić information content (AvgIpc) is 2.62. The summed E-state index contributed by atoms with van der Waals surface area (Å²) in [5.41, 5.74) is 1.28. The highest BCUT2D eigenvalue weighted by atomic mass is 19.1. The van der Waals surface area contributed by atoms with E-state index in [9.17, 15) is 9.18 Å². The highest BCUT2D eigenvalue weighted by Crippen LogP contribution is 2.12. The van der Waals surface area contributed by atoms with Gasteiger partial charge in [-0.25, -0.2) is 9.37 Å². The summed E-state index contributed by atoms with van der Waals surface area (Å²) in [6, 6.07) is 13.2. The van der Waals surface area contributed by atoms with E-state index in [2.05, 4.69) is 10.3 Å². The maximum absolute atomic E-state index is 13.0. The second kappa shape index (κ2) is 6.95. The smallest absolute Gasteiger partial charge is 0.297 e. The minimum atomic E-state index is -0.348. The van der Waals surface area contributed by atoms with Crippen LogP contribution in [0.25, 0.3) is 5.69 Å². The molecule has 0 fully saturated rings. The van der Waals surface area contributed by atoms with E-state index in [1.165, 1.54) is 22.9 Å². The Kier molecular flexibility index (Phi) is 4.56. The van der Waals surface area contributed by atoms with Crippen molar-refractivity contribution in [3.8, 4) is 11.4 Å². The number of methoxy groups -OCH3 is 1. The predicted molar refractivity (Wildman–Crippen MR) is 90.1 cm³/mol.